The van der Waals surface area contributed by atoms with E-state index in [0.29, 0.717) is 0 Å². The highest BCUT2D eigenvalue weighted by atomic mass is 14.4. The summed E-state index contributed by atoms with van der Waals surface area (Å²) in [6.45, 7) is 6.78. The molecule has 0 heterocycles. The normalized spacial score (nSPS) is 28.2. The largest absolute Gasteiger partial charge is 0.0917 e. The number of hydrogen-bond donors (Lipinski definition) is 0. The summed E-state index contributed by atoms with van der Waals surface area (Å²) in [6, 6.07) is 0. The molecule has 1 rings (SSSR count). The lowest BCUT2D eigenvalue weighted by Crippen LogP contribution is -2.01. The van der Waals surface area contributed by atoms with E-state index < -0.39 is 0 Å². The van der Waals surface area contributed by atoms with Crippen LogP contribution in [0, 0.1) is 17.8 Å². The van der Waals surface area contributed by atoms with Crippen molar-refractivity contribution in [3.63, 3.8) is 0 Å². The van der Waals surface area contributed by atoms with E-state index in [0.717, 1.165) is 17.8 Å². The predicted molar refractivity (Wildman–Crippen MR) is 64.3 cm³/mol. The Morgan fingerprint density at radius 2 is 2.14 bits per heavy atom. The van der Waals surface area contributed by atoms with Gasteiger partial charge in [0, 0.05) is 0 Å². The van der Waals surface area contributed by atoms with E-state index in [2.05, 4.69) is 32.9 Å². The molecule has 14 heavy (non-hydrogen) atoms. The van der Waals surface area contributed by atoms with Crippen LogP contribution < -0.4 is 0 Å². The van der Waals surface area contributed by atoms with Crippen molar-refractivity contribution >= 4 is 0 Å². The van der Waals surface area contributed by atoms with Gasteiger partial charge in [0.05, 0.1) is 0 Å². The van der Waals surface area contributed by atoms with Crippen LogP contribution in [0.5, 0.6) is 0 Å². The predicted octanol–water partition coefficient (Wildman–Crippen LogP) is 4.81. The van der Waals surface area contributed by atoms with Gasteiger partial charge in [-0.2, -0.15) is 0 Å². The summed E-state index contributed by atoms with van der Waals surface area (Å²) in [5.74, 6) is 3.14. The second-order valence-electron chi connectivity index (χ2n) is 4.77. The van der Waals surface area contributed by atoms with Gasteiger partial charge in [0.15, 0.2) is 0 Å². The first-order valence-electron chi connectivity index (χ1n) is 6.44. The minimum atomic E-state index is 0.980. The molecule has 0 N–H and O–H groups in total. The van der Waals surface area contributed by atoms with Crippen LogP contribution in [0.1, 0.15) is 59.3 Å². The zero-order valence-electron chi connectivity index (χ0n) is 10.1. The highest BCUT2D eigenvalue weighted by Gasteiger charge is 2.40. The molecule has 1 fully saturated rings. The van der Waals surface area contributed by atoms with E-state index in [4.69, 9.17) is 0 Å². The summed E-state index contributed by atoms with van der Waals surface area (Å²) in [5.41, 5.74) is 0. The molecule has 0 spiro atoms. The van der Waals surface area contributed by atoms with Crippen molar-refractivity contribution in [2.75, 3.05) is 0 Å². The molecule has 0 heteroatoms. The highest BCUT2D eigenvalue weighted by molar-refractivity contribution is 4.93. The number of rotatable bonds is 7. The molecule has 0 aromatic heterocycles. The molecule has 0 aliphatic heterocycles. The standard InChI is InChI=1S/C14H26/c1-4-7-9-12(6-3)14-11-13(14)10-8-5-2/h4,7,12-14H,5-6,8-11H2,1-3H3. The Morgan fingerprint density at radius 1 is 1.36 bits per heavy atom. The molecule has 0 bridgehead atoms. The van der Waals surface area contributed by atoms with Crippen LogP contribution in [0.25, 0.3) is 0 Å². The molecule has 1 saturated carbocycles. The van der Waals surface area contributed by atoms with Crippen LogP contribution in [-0.2, 0) is 0 Å². The molecule has 0 nitrogen and oxygen atoms in total. The summed E-state index contributed by atoms with van der Waals surface area (Å²) >= 11 is 0. The van der Waals surface area contributed by atoms with E-state index in [9.17, 15) is 0 Å². The second kappa shape index (κ2) is 6.27. The minimum Gasteiger partial charge on any atom is -0.0917 e. The lowest BCUT2D eigenvalue weighted by molar-refractivity contribution is 0.415. The van der Waals surface area contributed by atoms with Crippen LogP contribution in [0.15, 0.2) is 12.2 Å². The molecule has 82 valence electrons. The molecule has 3 unspecified atom stereocenters. The fourth-order valence-electron chi connectivity index (χ4n) is 2.60. The van der Waals surface area contributed by atoms with Crippen LogP contribution in [-0.4, -0.2) is 0 Å². The van der Waals surface area contributed by atoms with Crippen molar-refractivity contribution in [3.8, 4) is 0 Å². The molecule has 0 aromatic rings. The first-order chi connectivity index (χ1) is 6.83. The second-order valence-corrected chi connectivity index (χ2v) is 4.77. The van der Waals surface area contributed by atoms with Gasteiger partial charge in [-0.15, -0.1) is 0 Å². The van der Waals surface area contributed by atoms with Crippen LogP contribution in [0.4, 0.5) is 0 Å². The lowest BCUT2D eigenvalue weighted by atomic mass is 9.94. The summed E-state index contributed by atoms with van der Waals surface area (Å²) in [4.78, 5) is 0. The summed E-state index contributed by atoms with van der Waals surface area (Å²) in [6.07, 6.45) is 13.1. The maximum Gasteiger partial charge on any atom is -0.0320 e. The molecule has 1 aliphatic carbocycles. The number of allylic oxidation sites excluding steroid dienone is 2. The zero-order chi connectivity index (χ0) is 10.4. The summed E-state index contributed by atoms with van der Waals surface area (Å²) in [7, 11) is 0. The van der Waals surface area contributed by atoms with Gasteiger partial charge in [0.25, 0.3) is 0 Å². The van der Waals surface area contributed by atoms with E-state index >= 15 is 0 Å². The molecular formula is C14H26. The third kappa shape index (κ3) is 3.48. The molecule has 0 saturated heterocycles. The third-order valence-electron chi connectivity index (χ3n) is 3.71. The molecular weight excluding hydrogens is 168 g/mol. The smallest absolute Gasteiger partial charge is 0.0320 e. The van der Waals surface area contributed by atoms with Crippen molar-refractivity contribution < 1.29 is 0 Å². The molecule has 1 aliphatic rings. The third-order valence-corrected chi connectivity index (χ3v) is 3.71. The van der Waals surface area contributed by atoms with E-state index in [1.807, 2.05) is 0 Å². The SMILES string of the molecule is CC=CCC(CC)C1CC1CCCC. The topological polar surface area (TPSA) is 0 Å². The van der Waals surface area contributed by atoms with Crippen molar-refractivity contribution in [2.24, 2.45) is 17.8 Å². The zero-order valence-corrected chi connectivity index (χ0v) is 10.1. The summed E-state index contributed by atoms with van der Waals surface area (Å²) < 4.78 is 0. The van der Waals surface area contributed by atoms with Gasteiger partial charge >= 0.3 is 0 Å². The Bertz CT molecular complexity index is 169. The van der Waals surface area contributed by atoms with Gasteiger partial charge < -0.3 is 0 Å². The van der Waals surface area contributed by atoms with Crippen molar-refractivity contribution in [1.29, 1.82) is 0 Å². The van der Waals surface area contributed by atoms with E-state index in [-0.39, 0.29) is 0 Å². The minimum absolute atomic E-state index is 0.980. The Balaban J connectivity index is 2.20. The molecule has 0 aromatic carbocycles. The van der Waals surface area contributed by atoms with Gasteiger partial charge in [-0.1, -0.05) is 51.7 Å². The van der Waals surface area contributed by atoms with Crippen LogP contribution >= 0.6 is 0 Å². The number of unbranched alkanes of at least 4 members (excludes halogenated alkanes) is 1. The Hall–Kier alpha value is -0.260. The molecule has 0 amide bonds. The quantitative estimate of drug-likeness (QED) is 0.510. The average molecular weight is 194 g/mol. The average Bonchev–Trinajstić information content (AvgIpc) is 2.96. The Morgan fingerprint density at radius 3 is 2.71 bits per heavy atom. The van der Waals surface area contributed by atoms with Crippen molar-refractivity contribution in [1.82, 2.24) is 0 Å². The van der Waals surface area contributed by atoms with Crippen molar-refractivity contribution in [2.45, 2.75) is 59.3 Å². The first-order valence-corrected chi connectivity index (χ1v) is 6.44. The maximum absolute atomic E-state index is 2.35. The fraction of sp³-hybridized carbons (Fsp3) is 0.857. The highest BCUT2D eigenvalue weighted by Crippen LogP contribution is 2.49. The van der Waals surface area contributed by atoms with Crippen molar-refractivity contribution in [3.05, 3.63) is 12.2 Å². The van der Waals surface area contributed by atoms with Gasteiger partial charge in [0.1, 0.15) is 0 Å². The van der Waals surface area contributed by atoms with Crippen LogP contribution in [0.3, 0.4) is 0 Å². The summed E-state index contributed by atoms with van der Waals surface area (Å²) in [5, 5.41) is 0. The Labute approximate surface area is 89.8 Å². The Kier molecular flexibility index (Phi) is 5.29. The van der Waals surface area contributed by atoms with Gasteiger partial charge in [-0.25, -0.2) is 0 Å². The monoisotopic (exact) mass is 194 g/mol. The fourth-order valence-corrected chi connectivity index (χ4v) is 2.60. The van der Waals surface area contributed by atoms with E-state index in [1.165, 1.54) is 38.5 Å². The van der Waals surface area contributed by atoms with Gasteiger partial charge in [-0.3, -0.25) is 0 Å². The first kappa shape index (κ1) is 11.8. The molecule has 0 radical (unpaired) electrons. The van der Waals surface area contributed by atoms with Crippen LogP contribution in [0.2, 0.25) is 0 Å². The van der Waals surface area contributed by atoms with Gasteiger partial charge in [-0.05, 0) is 37.5 Å². The number of hydrogen-bond acceptors (Lipinski definition) is 0. The van der Waals surface area contributed by atoms with Gasteiger partial charge in [0.2, 0.25) is 0 Å². The lowest BCUT2D eigenvalue weighted by Gasteiger charge is -2.11. The maximum atomic E-state index is 2.35. The van der Waals surface area contributed by atoms with E-state index in [1.54, 1.807) is 0 Å². The molecule has 3 atom stereocenters.